The summed E-state index contributed by atoms with van der Waals surface area (Å²) < 4.78 is 14.1. The van der Waals surface area contributed by atoms with E-state index >= 15 is 0 Å². The highest BCUT2D eigenvalue weighted by Crippen LogP contribution is 2.35. The van der Waals surface area contributed by atoms with Gasteiger partial charge in [0, 0.05) is 11.8 Å². The summed E-state index contributed by atoms with van der Waals surface area (Å²) in [6, 6.07) is 9.78. The third kappa shape index (κ3) is 2.72. The minimum absolute atomic E-state index is 0.263. The van der Waals surface area contributed by atoms with Gasteiger partial charge in [-0.05, 0) is 24.3 Å². The van der Waals surface area contributed by atoms with Crippen LogP contribution in [0.4, 0.5) is 10.1 Å². The Morgan fingerprint density at radius 3 is 2.76 bits per heavy atom. The zero-order chi connectivity index (χ0) is 14.8. The van der Waals surface area contributed by atoms with Crippen molar-refractivity contribution >= 4 is 46.0 Å². The largest absolute Gasteiger partial charge is 0.270 e. The summed E-state index contributed by atoms with van der Waals surface area (Å²) >= 11 is 6.39. The average Bonchev–Trinajstić information content (AvgIpc) is 2.77. The third-order valence-corrected chi connectivity index (χ3v) is 4.19. The van der Waals surface area contributed by atoms with E-state index < -0.39 is 0 Å². The van der Waals surface area contributed by atoms with Gasteiger partial charge in [0.25, 0.3) is 5.91 Å². The molecule has 1 amide bonds. The lowest BCUT2D eigenvalue weighted by Crippen LogP contribution is -2.27. The van der Waals surface area contributed by atoms with E-state index in [0.717, 1.165) is 11.8 Å². The summed E-state index contributed by atoms with van der Waals surface area (Å²) in [5, 5.41) is 0. The number of pyridine rings is 1. The molecule has 1 aromatic heterocycles. The summed E-state index contributed by atoms with van der Waals surface area (Å²) in [6.07, 6.45) is 4.71. The van der Waals surface area contributed by atoms with Crippen molar-refractivity contribution in [2.45, 2.75) is 0 Å². The van der Waals surface area contributed by atoms with E-state index in [2.05, 4.69) is 4.98 Å². The van der Waals surface area contributed by atoms with Crippen LogP contribution in [0.3, 0.4) is 0 Å². The number of carbonyl (C=O) groups is 1. The van der Waals surface area contributed by atoms with Crippen LogP contribution in [0, 0.1) is 5.82 Å². The Labute approximate surface area is 130 Å². The van der Waals surface area contributed by atoms with Crippen LogP contribution in [0.2, 0.25) is 0 Å². The predicted octanol–water partition coefficient (Wildman–Crippen LogP) is 3.63. The number of thioether (sulfide) groups is 1. The molecule has 0 bridgehead atoms. The molecular weight excluding hydrogens is 307 g/mol. The Morgan fingerprint density at radius 2 is 2.05 bits per heavy atom. The van der Waals surface area contributed by atoms with Crippen LogP contribution in [0.15, 0.2) is 53.7 Å². The molecule has 0 saturated carbocycles. The standard InChI is InChI=1S/C15H9FN2OS2/c16-12-6-2-1-4-10(12)8-13-14(19)18(15(20)21-13)11-5-3-7-17-9-11/h1-9H/b13-8-. The first-order valence-electron chi connectivity index (χ1n) is 6.09. The third-order valence-electron chi connectivity index (χ3n) is 2.89. The molecule has 0 spiro atoms. The predicted molar refractivity (Wildman–Crippen MR) is 86.3 cm³/mol. The van der Waals surface area contributed by atoms with Crippen molar-refractivity contribution in [3.05, 3.63) is 65.1 Å². The number of halogens is 1. The first kappa shape index (κ1) is 13.9. The fourth-order valence-electron chi connectivity index (χ4n) is 1.91. The SMILES string of the molecule is O=C1/C(=C/c2ccccc2F)SC(=S)N1c1cccnc1. The van der Waals surface area contributed by atoms with Crippen LogP contribution < -0.4 is 4.90 Å². The Hall–Kier alpha value is -2.05. The molecule has 2 heterocycles. The molecule has 0 atom stereocenters. The van der Waals surface area contributed by atoms with Gasteiger partial charge in [-0.15, -0.1) is 0 Å². The lowest BCUT2D eigenvalue weighted by Gasteiger charge is -2.13. The normalized spacial score (nSPS) is 16.8. The van der Waals surface area contributed by atoms with Gasteiger partial charge in [-0.3, -0.25) is 14.7 Å². The Bertz CT molecular complexity index is 746. The number of benzene rings is 1. The summed E-state index contributed by atoms with van der Waals surface area (Å²) in [5.74, 6) is -0.634. The molecule has 1 saturated heterocycles. The van der Waals surface area contributed by atoms with E-state index in [1.54, 1.807) is 42.7 Å². The minimum atomic E-state index is -0.371. The minimum Gasteiger partial charge on any atom is -0.268 e. The van der Waals surface area contributed by atoms with Crippen LogP contribution in [0.5, 0.6) is 0 Å². The van der Waals surface area contributed by atoms with Crippen molar-refractivity contribution in [1.29, 1.82) is 0 Å². The van der Waals surface area contributed by atoms with E-state index in [0.29, 0.717) is 20.5 Å². The number of nitrogens with zero attached hydrogens (tertiary/aromatic N) is 2. The first-order valence-corrected chi connectivity index (χ1v) is 7.32. The number of amides is 1. The van der Waals surface area contributed by atoms with Crippen molar-refractivity contribution in [3.8, 4) is 0 Å². The molecule has 2 aromatic rings. The van der Waals surface area contributed by atoms with Crippen LogP contribution in [-0.4, -0.2) is 15.2 Å². The van der Waals surface area contributed by atoms with Gasteiger partial charge < -0.3 is 0 Å². The molecule has 1 aromatic carbocycles. The second-order valence-corrected chi connectivity index (χ2v) is 5.93. The molecule has 1 aliphatic heterocycles. The molecule has 0 N–H and O–H groups in total. The van der Waals surface area contributed by atoms with Crippen LogP contribution in [0.25, 0.3) is 6.08 Å². The van der Waals surface area contributed by atoms with Gasteiger partial charge in [-0.1, -0.05) is 42.2 Å². The van der Waals surface area contributed by atoms with Gasteiger partial charge in [0.15, 0.2) is 4.32 Å². The molecule has 1 fully saturated rings. The van der Waals surface area contributed by atoms with E-state index in [4.69, 9.17) is 12.2 Å². The zero-order valence-electron chi connectivity index (χ0n) is 10.7. The maximum atomic E-state index is 13.7. The molecule has 1 aliphatic rings. The number of hydrogen-bond acceptors (Lipinski definition) is 4. The van der Waals surface area contributed by atoms with Gasteiger partial charge in [0.05, 0.1) is 16.8 Å². The highest BCUT2D eigenvalue weighted by Gasteiger charge is 2.33. The smallest absolute Gasteiger partial charge is 0.268 e. The van der Waals surface area contributed by atoms with Crippen molar-refractivity contribution in [1.82, 2.24) is 4.98 Å². The van der Waals surface area contributed by atoms with Crippen molar-refractivity contribution in [2.75, 3.05) is 4.90 Å². The van der Waals surface area contributed by atoms with Crippen molar-refractivity contribution < 1.29 is 9.18 Å². The second-order valence-electron chi connectivity index (χ2n) is 4.25. The number of rotatable bonds is 2. The highest BCUT2D eigenvalue weighted by molar-refractivity contribution is 8.27. The molecular formula is C15H9FN2OS2. The van der Waals surface area contributed by atoms with E-state index in [1.165, 1.54) is 17.0 Å². The molecule has 0 aliphatic carbocycles. The number of hydrogen-bond donors (Lipinski definition) is 0. The molecule has 21 heavy (non-hydrogen) atoms. The van der Waals surface area contributed by atoms with E-state index in [9.17, 15) is 9.18 Å². The second kappa shape index (κ2) is 5.75. The summed E-state index contributed by atoms with van der Waals surface area (Å²) in [7, 11) is 0. The summed E-state index contributed by atoms with van der Waals surface area (Å²) in [5.41, 5.74) is 0.973. The van der Waals surface area contributed by atoms with Gasteiger partial charge in [-0.25, -0.2) is 4.39 Å². The number of thiocarbonyl (C=S) groups is 1. The van der Waals surface area contributed by atoms with Crippen LogP contribution in [0.1, 0.15) is 5.56 Å². The molecule has 6 heteroatoms. The zero-order valence-corrected chi connectivity index (χ0v) is 12.3. The fraction of sp³-hybridized carbons (Fsp3) is 0. The number of aromatic nitrogens is 1. The van der Waals surface area contributed by atoms with E-state index in [1.807, 2.05) is 0 Å². The lowest BCUT2D eigenvalue weighted by molar-refractivity contribution is -0.113. The van der Waals surface area contributed by atoms with E-state index in [-0.39, 0.29) is 11.7 Å². The fourth-order valence-corrected chi connectivity index (χ4v) is 3.20. The topological polar surface area (TPSA) is 33.2 Å². The van der Waals surface area contributed by atoms with Gasteiger partial charge in [0.1, 0.15) is 5.82 Å². The Morgan fingerprint density at radius 1 is 1.24 bits per heavy atom. The maximum Gasteiger partial charge on any atom is 0.270 e. The summed E-state index contributed by atoms with van der Waals surface area (Å²) in [6.45, 7) is 0. The lowest BCUT2D eigenvalue weighted by atomic mass is 10.2. The maximum absolute atomic E-state index is 13.7. The average molecular weight is 316 g/mol. The first-order chi connectivity index (χ1) is 10.2. The van der Waals surface area contributed by atoms with Crippen molar-refractivity contribution in [3.63, 3.8) is 0 Å². The quantitative estimate of drug-likeness (QED) is 0.626. The number of anilines is 1. The van der Waals surface area contributed by atoms with Gasteiger partial charge in [-0.2, -0.15) is 0 Å². The monoisotopic (exact) mass is 316 g/mol. The molecule has 0 radical (unpaired) electrons. The molecule has 104 valence electrons. The van der Waals surface area contributed by atoms with Gasteiger partial charge in [0.2, 0.25) is 0 Å². The highest BCUT2D eigenvalue weighted by atomic mass is 32.2. The van der Waals surface area contributed by atoms with Crippen LogP contribution in [-0.2, 0) is 4.79 Å². The molecule has 0 unspecified atom stereocenters. The van der Waals surface area contributed by atoms with Crippen LogP contribution >= 0.6 is 24.0 Å². The Kier molecular flexibility index (Phi) is 3.81. The molecule has 3 nitrogen and oxygen atoms in total. The Balaban J connectivity index is 1.96. The molecule has 3 rings (SSSR count). The number of carbonyl (C=O) groups excluding carboxylic acids is 1. The van der Waals surface area contributed by atoms with Crippen molar-refractivity contribution in [2.24, 2.45) is 0 Å². The summed E-state index contributed by atoms with van der Waals surface area (Å²) in [4.78, 5) is 18.2. The van der Waals surface area contributed by atoms with Gasteiger partial charge >= 0.3 is 0 Å².